The smallest absolute Gasteiger partial charge is 0.269 e. The molecule has 0 aromatic heterocycles. The number of nitro benzene ring substituents is 1. The molecule has 0 aliphatic rings. The van der Waals surface area contributed by atoms with Crippen molar-refractivity contribution in [3.8, 4) is 5.75 Å². The number of hydrogen-bond acceptors (Lipinski definition) is 5. The summed E-state index contributed by atoms with van der Waals surface area (Å²) < 4.78 is 5.73. The number of nitrogens with zero attached hydrogens (tertiary/aromatic N) is 2. The lowest BCUT2D eigenvalue weighted by atomic mass is 10.2. The van der Waals surface area contributed by atoms with Crippen molar-refractivity contribution in [3.05, 3.63) is 105 Å². The van der Waals surface area contributed by atoms with Gasteiger partial charge in [0.25, 0.3) is 5.69 Å². The lowest BCUT2D eigenvalue weighted by Gasteiger charge is -2.06. The molecular formula is C21H17ClN2O4. The fraction of sp³-hybridized carbons (Fsp3) is 0.0952. The lowest BCUT2D eigenvalue weighted by molar-refractivity contribution is -0.384. The van der Waals surface area contributed by atoms with Crippen molar-refractivity contribution in [2.24, 2.45) is 5.16 Å². The summed E-state index contributed by atoms with van der Waals surface area (Å²) >= 11 is 5.86. The van der Waals surface area contributed by atoms with E-state index in [1.165, 1.54) is 12.1 Å². The third-order valence-electron chi connectivity index (χ3n) is 3.83. The van der Waals surface area contributed by atoms with Crippen molar-refractivity contribution < 1.29 is 14.5 Å². The summed E-state index contributed by atoms with van der Waals surface area (Å²) in [5, 5.41) is 15.3. The largest absolute Gasteiger partial charge is 0.489 e. The number of non-ortho nitro benzene ring substituents is 1. The normalized spacial score (nSPS) is 10.8. The van der Waals surface area contributed by atoms with Gasteiger partial charge >= 0.3 is 0 Å². The van der Waals surface area contributed by atoms with Crippen molar-refractivity contribution in [1.82, 2.24) is 0 Å². The van der Waals surface area contributed by atoms with Crippen LogP contribution < -0.4 is 4.74 Å². The molecule has 0 radical (unpaired) electrons. The second kappa shape index (κ2) is 9.53. The lowest BCUT2D eigenvalue weighted by Crippen LogP contribution is -1.95. The molecule has 0 amide bonds. The van der Waals surface area contributed by atoms with E-state index >= 15 is 0 Å². The Morgan fingerprint density at radius 2 is 1.71 bits per heavy atom. The van der Waals surface area contributed by atoms with E-state index in [-0.39, 0.29) is 12.3 Å². The van der Waals surface area contributed by atoms with Crippen LogP contribution in [0.5, 0.6) is 5.75 Å². The van der Waals surface area contributed by atoms with Crippen molar-refractivity contribution in [3.63, 3.8) is 0 Å². The molecule has 3 rings (SSSR count). The van der Waals surface area contributed by atoms with Gasteiger partial charge in [0.2, 0.25) is 0 Å². The molecule has 0 saturated carbocycles. The maximum absolute atomic E-state index is 10.8. The van der Waals surface area contributed by atoms with E-state index in [2.05, 4.69) is 5.16 Å². The number of hydrogen-bond donors (Lipinski definition) is 0. The van der Waals surface area contributed by atoms with Gasteiger partial charge in [-0.3, -0.25) is 10.1 Å². The zero-order chi connectivity index (χ0) is 19.8. The van der Waals surface area contributed by atoms with Gasteiger partial charge in [-0.1, -0.05) is 41.0 Å². The summed E-state index contributed by atoms with van der Waals surface area (Å²) in [6, 6.07) is 21.2. The first kappa shape index (κ1) is 19.4. The van der Waals surface area contributed by atoms with Crippen LogP contribution in [0.15, 0.2) is 78.0 Å². The molecular weight excluding hydrogens is 380 g/mol. The van der Waals surface area contributed by atoms with Crippen molar-refractivity contribution in [1.29, 1.82) is 0 Å². The number of rotatable bonds is 8. The zero-order valence-electron chi connectivity index (χ0n) is 14.8. The fourth-order valence-electron chi connectivity index (χ4n) is 2.37. The van der Waals surface area contributed by atoms with Crippen molar-refractivity contribution in [2.45, 2.75) is 13.2 Å². The summed E-state index contributed by atoms with van der Waals surface area (Å²) in [5.74, 6) is 0.740. The van der Waals surface area contributed by atoms with Crippen molar-refractivity contribution in [2.75, 3.05) is 0 Å². The molecule has 142 valence electrons. The standard InChI is InChI=1S/C21H17ClN2O4/c22-19-8-4-17(5-9-19)14-27-21-10-6-16(7-11-21)13-23-28-15-18-2-1-3-20(12-18)24(25)26/h1-13H,14-15H2/b23-13-. The Kier molecular flexibility index (Phi) is 6.59. The molecule has 7 heteroatoms. The molecule has 0 bridgehead atoms. The minimum absolute atomic E-state index is 0.0271. The van der Waals surface area contributed by atoms with E-state index in [4.69, 9.17) is 21.2 Å². The van der Waals surface area contributed by atoms with Crippen LogP contribution in [0.3, 0.4) is 0 Å². The summed E-state index contributed by atoms with van der Waals surface area (Å²) in [5.41, 5.74) is 2.58. The molecule has 3 aromatic carbocycles. The molecule has 28 heavy (non-hydrogen) atoms. The second-order valence-corrected chi connectivity index (χ2v) is 6.36. The van der Waals surface area contributed by atoms with Gasteiger partial charge in [-0.15, -0.1) is 0 Å². The monoisotopic (exact) mass is 396 g/mol. The van der Waals surface area contributed by atoms with Crippen LogP contribution in [-0.2, 0) is 18.1 Å². The molecule has 3 aromatic rings. The van der Waals surface area contributed by atoms with Crippen molar-refractivity contribution >= 4 is 23.5 Å². The molecule has 6 nitrogen and oxygen atoms in total. The first-order valence-corrected chi connectivity index (χ1v) is 8.84. The highest BCUT2D eigenvalue weighted by atomic mass is 35.5. The van der Waals surface area contributed by atoms with Crippen LogP contribution in [-0.4, -0.2) is 11.1 Å². The average Bonchev–Trinajstić information content (AvgIpc) is 2.72. The molecule has 0 aliphatic heterocycles. The van der Waals surface area contributed by atoms with Gasteiger partial charge in [0.05, 0.1) is 11.1 Å². The number of halogens is 1. The van der Waals surface area contributed by atoms with E-state index in [0.29, 0.717) is 17.2 Å². The second-order valence-electron chi connectivity index (χ2n) is 5.92. The molecule has 0 N–H and O–H groups in total. The Morgan fingerprint density at radius 1 is 0.964 bits per heavy atom. The molecule has 0 saturated heterocycles. The van der Waals surface area contributed by atoms with E-state index in [0.717, 1.165) is 16.9 Å². The summed E-state index contributed by atoms with van der Waals surface area (Å²) in [6.45, 7) is 0.609. The highest BCUT2D eigenvalue weighted by Crippen LogP contribution is 2.16. The Labute approximate surface area is 167 Å². The van der Waals surface area contributed by atoms with Crippen LogP contribution in [0.4, 0.5) is 5.69 Å². The summed E-state index contributed by atoms with van der Waals surface area (Å²) in [4.78, 5) is 15.5. The Balaban J connectivity index is 1.47. The third-order valence-corrected chi connectivity index (χ3v) is 4.08. The SMILES string of the molecule is O=[N+]([O-])c1cccc(CO/N=C\c2ccc(OCc3ccc(Cl)cc3)cc2)c1. The minimum Gasteiger partial charge on any atom is -0.489 e. The van der Waals surface area contributed by atoms with Crippen LogP contribution >= 0.6 is 11.6 Å². The zero-order valence-corrected chi connectivity index (χ0v) is 15.6. The molecule has 0 heterocycles. The average molecular weight is 397 g/mol. The molecule has 0 unspecified atom stereocenters. The topological polar surface area (TPSA) is 74.0 Å². The number of nitro groups is 1. The van der Waals surface area contributed by atoms with Gasteiger partial charge in [0.15, 0.2) is 0 Å². The van der Waals surface area contributed by atoms with Gasteiger partial charge in [0.1, 0.15) is 19.0 Å². The van der Waals surface area contributed by atoms with Crippen LogP contribution in [0.25, 0.3) is 0 Å². The quantitative estimate of drug-likeness (QED) is 0.291. The summed E-state index contributed by atoms with van der Waals surface area (Å²) in [7, 11) is 0. The van der Waals surface area contributed by atoms with E-state index < -0.39 is 4.92 Å². The highest BCUT2D eigenvalue weighted by molar-refractivity contribution is 6.30. The fourth-order valence-corrected chi connectivity index (χ4v) is 2.49. The third kappa shape index (κ3) is 5.82. The highest BCUT2D eigenvalue weighted by Gasteiger charge is 2.05. The predicted octanol–water partition coefficient (Wildman–Crippen LogP) is 5.38. The van der Waals surface area contributed by atoms with E-state index in [1.54, 1.807) is 18.3 Å². The van der Waals surface area contributed by atoms with E-state index in [1.807, 2.05) is 48.5 Å². The van der Waals surface area contributed by atoms with E-state index in [9.17, 15) is 10.1 Å². The Morgan fingerprint density at radius 3 is 2.43 bits per heavy atom. The van der Waals surface area contributed by atoms with Crippen LogP contribution in [0, 0.1) is 10.1 Å². The molecule has 0 aliphatic carbocycles. The van der Waals surface area contributed by atoms with Gasteiger partial charge in [0, 0.05) is 17.2 Å². The first-order chi connectivity index (χ1) is 13.6. The van der Waals surface area contributed by atoms with Gasteiger partial charge < -0.3 is 9.57 Å². The van der Waals surface area contributed by atoms with Gasteiger partial charge in [-0.2, -0.15) is 0 Å². The van der Waals surface area contributed by atoms with Gasteiger partial charge in [-0.25, -0.2) is 0 Å². The molecule has 0 atom stereocenters. The molecule has 0 spiro atoms. The molecule has 0 fully saturated rings. The van der Waals surface area contributed by atoms with Crippen LogP contribution in [0.1, 0.15) is 16.7 Å². The Bertz CT molecular complexity index is 957. The maximum Gasteiger partial charge on any atom is 0.269 e. The van der Waals surface area contributed by atoms with Crippen LogP contribution in [0.2, 0.25) is 5.02 Å². The number of ether oxygens (including phenoxy) is 1. The minimum atomic E-state index is -0.441. The number of benzene rings is 3. The Hall–Kier alpha value is -3.38. The number of oxime groups is 1. The van der Waals surface area contributed by atoms with Gasteiger partial charge in [-0.05, 0) is 53.1 Å². The predicted molar refractivity (Wildman–Crippen MR) is 108 cm³/mol. The maximum atomic E-state index is 10.8. The first-order valence-electron chi connectivity index (χ1n) is 8.46. The summed E-state index contributed by atoms with van der Waals surface area (Å²) in [6.07, 6.45) is 1.57.